The van der Waals surface area contributed by atoms with E-state index in [2.05, 4.69) is 10.2 Å². The van der Waals surface area contributed by atoms with Gasteiger partial charge >= 0.3 is 0 Å². The highest BCUT2D eigenvalue weighted by molar-refractivity contribution is 5.80. The first-order valence-electron chi connectivity index (χ1n) is 8.94. The van der Waals surface area contributed by atoms with Crippen molar-refractivity contribution in [3.8, 4) is 0 Å². The highest BCUT2D eigenvalue weighted by Gasteiger charge is 2.41. The summed E-state index contributed by atoms with van der Waals surface area (Å²) in [7, 11) is 0. The van der Waals surface area contributed by atoms with Gasteiger partial charge in [-0.3, -0.25) is 9.69 Å². The van der Waals surface area contributed by atoms with Gasteiger partial charge in [-0.1, -0.05) is 0 Å². The van der Waals surface area contributed by atoms with E-state index in [1.165, 1.54) is 0 Å². The van der Waals surface area contributed by atoms with Gasteiger partial charge in [0.2, 0.25) is 5.91 Å². The largest absolute Gasteiger partial charge is 0.467 e. The molecule has 2 fully saturated rings. The molecule has 1 amide bonds. The van der Waals surface area contributed by atoms with Crippen LogP contribution in [0.15, 0.2) is 39.4 Å². The number of hydrogen-bond donors (Lipinski definition) is 1. The zero-order chi connectivity index (χ0) is 17.2. The SMILES string of the molecule is Cc1ccc(CN2CC[C@@H]3O[C@@H](C(=O)NCc4ccco4)CC[C@@H]32)o1. The van der Waals surface area contributed by atoms with Crippen LogP contribution in [0.5, 0.6) is 0 Å². The van der Waals surface area contributed by atoms with Gasteiger partial charge in [0.05, 0.1) is 25.5 Å². The maximum absolute atomic E-state index is 12.4. The van der Waals surface area contributed by atoms with Crippen molar-refractivity contribution in [2.45, 2.75) is 57.5 Å². The number of fused-ring (bicyclic) bond motifs is 1. The number of furan rings is 2. The molecule has 0 radical (unpaired) electrons. The van der Waals surface area contributed by atoms with Gasteiger partial charge in [-0.15, -0.1) is 0 Å². The van der Waals surface area contributed by atoms with Gasteiger partial charge in [0.15, 0.2) is 0 Å². The lowest BCUT2D eigenvalue weighted by molar-refractivity contribution is -0.144. The van der Waals surface area contributed by atoms with Crippen LogP contribution < -0.4 is 5.32 Å². The summed E-state index contributed by atoms with van der Waals surface area (Å²) in [5.74, 6) is 2.65. The topological polar surface area (TPSA) is 67.8 Å². The van der Waals surface area contributed by atoms with Crippen LogP contribution >= 0.6 is 0 Å². The molecule has 0 saturated carbocycles. The molecule has 2 aliphatic rings. The van der Waals surface area contributed by atoms with Crippen LogP contribution in [0, 0.1) is 6.92 Å². The second-order valence-electron chi connectivity index (χ2n) is 6.88. The summed E-state index contributed by atoms with van der Waals surface area (Å²) in [4.78, 5) is 14.8. The minimum Gasteiger partial charge on any atom is -0.467 e. The summed E-state index contributed by atoms with van der Waals surface area (Å²) in [6, 6.07) is 8.08. The third-order valence-electron chi connectivity index (χ3n) is 5.13. The third-order valence-corrected chi connectivity index (χ3v) is 5.13. The Hall–Kier alpha value is -2.05. The molecule has 1 N–H and O–H groups in total. The average Bonchev–Trinajstić information content (AvgIpc) is 3.35. The predicted octanol–water partition coefficient (Wildman–Crippen LogP) is 2.62. The Labute approximate surface area is 147 Å². The number of amides is 1. The van der Waals surface area contributed by atoms with Crippen LogP contribution in [0.3, 0.4) is 0 Å². The molecular formula is C19H24N2O4. The van der Waals surface area contributed by atoms with Crippen LogP contribution in [0.25, 0.3) is 0 Å². The van der Waals surface area contributed by atoms with Gasteiger partial charge in [-0.2, -0.15) is 0 Å². The van der Waals surface area contributed by atoms with E-state index in [0.717, 1.165) is 49.6 Å². The second kappa shape index (κ2) is 7.06. The summed E-state index contributed by atoms with van der Waals surface area (Å²) >= 11 is 0. The van der Waals surface area contributed by atoms with Crippen LogP contribution in [0.2, 0.25) is 0 Å². The lowest BCUT2D eigenvalue weighted by Gasteiger charge is -2.35. The van der Waals surface area contributed by atoms with E-state index in [0.29, 0.717) is 12.6 Å². The van der Waals surface area contributed by atoms with Crippen molar-refractivity contribution in [3.63, 3.8) is 0 Å². The lowest BCUT2D eigenvalue weighted by atomic mass is 9.98. The van der Waals surface area contributed by atoms with Crippen molar-refractivity contribution < 1.29 is 18.4 Å². The van der Waals surface area contributed by atoms with Crippen LogP contribution in [-0.2, 0) is 22.6 Å². The molecule has 134 valence electrons. The van der Waals surface area contributed by atoms with Gasteiger partial charge in [0.1, 0.15) is 23.4 Å². The molecule has 25 heavy (non-hydrogen) atoms. The average molecular weight is 344 g/mol. The molecule has 2 saturated heterocycles. The number of ether oxygens (including phenoxy) is 1. The molecule has 4 rings (SSSR count). The molecular weight excluding hydrogens is 320 g/mol. The van der Waals surface area contributed by atoms with E-state index in [1.807, 2.05) is 31.2 Å². The Morgan fingerprint density at radius 3 is 2.92 bits per heavy atom. The normalized spacial score (nSPS) is 26.5. The van der Waals surface area contributed by atoms with E-state index < -0.39 is 0 Å². The molecule has 6 heteroatoms. The number of aryl methyl sites for hydroxylation is 1. The Morgan fingerprint density at radius 1 is 1.24 bits per heavy atom. The van der Waals surface area contributed by atoms with Gasteiger partial charge in [0, 0.05) is 12.6 Å². The highest BCUT2D eigenvalue weighted by Crippen LogP contribution is 2.32. The number of carbonyl (C=O) groups is 1. The second-order valence-corrected chi connectivity index (χ2v) is 6.88. The fourth-order valence-corrected chi connectivity index (χ4v) is 3.88. The first-order chi connectivity index (χ1) is 12.2. The van der Waals surface area contributed by atoms with Gasteiger partial charge in [-0.25, -0.2) is 0 Å². The van der Waals surface area contributed by atoms with Crippen molar-refractivity contribution >= 4 is 5.91 Å². The van der Waals surface area contributed by atoms with E-state index >= 15 is 0 Å². The minimum atomic E-state index is -0.359. The summed E-state index contributed by atoms with van der Waals surface area (Å²) in [5, 5.41) is 2.90. The first-order valence-corrected chi connectivity index (χ1v) is 8.94. The maximum atomic E-state index is 12.4. The van der Waals surface area contributed by atoms with Crippen molar-refractivity contribution in [2.75, 3.05) is 6.54 Å². The smallest absolute Gasteiger partial charge is 0.249 e. The third kappa shape index (κ3) is 3.65. The molecule has 3 atom stereocenters. The quantitative estimate of drug-likeness (QED) is 0.903. The number of nitrogens with one attached hydrogen (secondary N) is 1. The summed E-state index contributed by atoms with van der Waals surface area (Å²) in [6.07, 6.45) is 4.07. The fraction of sp³-hybridized carbons (Fsp3) is 0.526. The van der Waals surface area contributed by atoms with Crippen LogP contribution in [0.1, 0.15) is 36.5 Å². The van der Waals surface area contributed by atoms with E-state index in [9.17, 15) is 4.79 Å². The number of nitrogens with zero attached hydrogens (tertiary/aromatic N) is 1. The number of carbonyl (C=O) groups excluding carboxylic acids is 1. The minimum absolute atomic E-state index is 0.0463. The van der Waals surface area contributed by atoms with E-state index in [-0.39, 0.29) is 18.1 Å². The Kier molecular flexibility index (Phi) is 4.63. The Morgan fingerprint density at radius 2 is 2.16 bits per heavy atom. The molecule has 4 heterocycles. The Balaban J connectivity index is 1.29. The molecule has 6 nitrogen and oxygen atoms in total. The van der Waals surface area contributed by atoms with Crippen LogP contribution in [-0.4, -0.2) is 35.6 Å². The summed E-state index contributed by atoms with van der Waals surface area (Å²) in [5.41, 5.74) is 0. The lowest BCUT2D eigenvalue weighted by Crippen LogP contribution is -2.47. The van der Waals surface area contributed by atoms with E-state index in [1.54, 1.807) is 6.26 Å². The van der Waals surface area contributed by atoms with Gasteiger partial charge < -0.3 is 18.9 Å². The van der Waals surface area contributed by atoms with Gasteiger partial charge in [-0.05, 0) is 50.5 Å². The molecule has 0 unspecified atom stereocenters. The monoisotopic (exact) mass is 344 g/mol. The van der Waals surface area contributed by atoms with Crippen molar-refractivity contribution in [1.29, 1.82) is 0 Å². The number of likely N-dealkylation sites (tertiary alicyclic amines) is 1. The molecule has 0 aromatic carbocycles. The van der Waals surface area contributed by atoms with Crippen molar-refractivity contribution in [3.05, 3.63) is 47.8 Å². The number of rotatable bonds is 5. The fourth-order valence-electron chi connectivity index (χ4n) is 3.88. The molecule has 2 aliphatic heterocycles. The molecule has 0 spiro atoms. The zero-order valence-electron chi connectivity index (χ0n) is 14.4. The van der Waals surface area contributed by atoms with Crippen molar-refractivity contribution in [2.24, 2.45) is 0 Å². The molecule has 2 aromatic rings. The number of hydrogen-bond acceptors (Lipinski definition) is 5. The zero-order valence-corrected chi connectivity index (χ0v) is 14.4. The van der Waals surface area contributed by atoms with E-state index in [4.69, 9.17) is 13.6 Å². The first kappa shape index (κ1) is 16.4. The van der Waals surface area contributed by atoms with Crippen molar-refractivity contribution in [1.82, 2.24) is 10.2 Å². The molecule has 0 aliphatic carbocycles. The van der Waals surface area contributed by atoms with Crippen LogP contribution in [0.4, 0.5) is 0 Å². The predicted molar refractivity (Wildman–Crippen MR) is 90.7 cm³/mol. The van der Waals surface area contributed by atoms with Gasteiger partial charge in [0.25, 0.3) is 0 Å². The Bertz CT molecular complexity index is 709. The maximum Gasteiger partial charge on any atom is 0.249 e. The molecule has 0 bridgehead atoms. The molecule has 2 aromatic heterocycles. The standard InChI is InChI=1S/C19H24N2O4/c1-13-4-5-15(24-13)12-21-9-8-17-16(21)6-7-18(25-17)19(22)20-11-14-3-2-10-23-14/h2-5,10,16-18H,6-9,11-12H2,1H3,(H,20,22)/t16-,17-,18+/m0/s1. The summed E-state index contributed by atoms with van der Waals surface area (Å²) < 4.78 is 17.0. The summed E-state index contributed by atoms with van der Waals surface area (Å²) in [6.45, 7) is 4.17. The highest BCUT2D eigenvalue weighted by atomic mass is 16.5.